The van der Waals surface area contributed by atoms with E-state index in [0.29, 0.717) is 6.54 Å². The highest BCUT2D eigenvalue weighted by molar-refractivity contribution is 7.12. The van der Waals surface area contributed by atoms with E-state index in [1.165, 1.54) is 4.88 Å². The first kappa shape index (κ1) is 15.0. The molecule has 0 bridgehead atoms. The number of nitrogens with one attached hydrogen (secondary N) is 1. The lowest BCUT2D eigenvalue weighted by molar-refractivity contribution is -0.117. The van der Waals surface area contributed by atoms with Crippen LogP contribution in [0.15, 0.2) is 35.7 Å². The zero-order valence-corrected chi connectivity index (χ0v) is 13.1. The summed E-state index contributed by atoms with van der Waals surface area (Å²) in [6.45, 7) is 2.54. The molecule has 0 fully saturated rings. The number of amides is 1. The highest BCUT2D eigenvalue weighted by Gasteiger charge is 2.13. The smallest absolute Gasteiger partial charge is 0.244 e. The minimum Gasteiger partial charge on any atom is -0.374 e. The van der Waals surface area contributed by atoms with Crippen LogP contribution in [0.1, 0.15) is 20.7 Å². The topological polar surface area (TPSA) is 38.3 Å². The summed E-state index contributed by atoms with van der Waals surface area (Å²) < 4.78 is 5.42. The van der Waals surface area contributed by atoms with Crippen molar-refractivity contribution in [2.45, 2.75) is 13.0 Å². The fourth-order valence-corrected chi connectivity index (χ4v) is 3.30. The van der Waals surface area contributed by atoms with Crippen LogP contribution in [0, 0.1) is 6.92 Å². The Labute approximate surface area is 126 Å². The van der Waals surface area contributed by atoms with E-state index < -0.39 is 0 Å². The summed E-state index contributed by atoms with van der Waals surface area (Å²) in [5.74, 6) is -0.103. The van der Waals surface area contributed by atoms with Crippen molar-refractivity contribution in [2.24, 2.45) is 0 Å². The third-order valence-corrected chi connectivity index (χ3v) is 4.70. The second kappa shape index (κ2) is 7.38. The summed E-state index contributed by atoms with van der Waals surface area (Å²) in [7, 11) is 1.66. The second-order valence-electron chi connectivity index (χ2n) is 4.27. The summed E-state index contributed by atoms with van der Waals surface area (Å²) in [6.07, 6.45) is 3.28. The number of ether oxygens (including phenoxy) is 1. The molecule has 0 aliphatic rings. The normalized spacial score (nSPS) is 12.7. The van der Waals surface area contributed by atoms with Gasteiger partial charge in [-0.05, 0) is 36.6 Å². The lowest BCUT2D eigenvalue weighted by Gasteiger charge is -2.13. The van der Waals surface area contributed by atoms with Crippen LogP contribution < -0.4 is 5.32 Å². The van der Waals surface area contributed by atoms with Crippen LogP contribution in [0.25, 0.3) is 6.08 Å². The maximum atomic E-state index is 11.7. The van der Waals surface area contributed by atoms with Crippen molar-refractivity contribution in [1.29, 1.82) is 0 Å². The number of hydrogen-bond acceptors (Lipinski definition) is 4. The molecule has 2 rings (SSSR count). The Hall–Kier alpha value is -1.43. The van der Waals surface area contributed by atoms with E-state index in [1.54, 1.807) is 35.9 Å². The zero-order chi connectivity index (χ0) is 14.4. The molecule has 106 valence electrons. The summed E-state index contributed by atoms with van der Waals surface area (Å²) >= 11 is 3.29. The largest absolute Gasteiger partial charge is 0.374 e. The molecule has 0 aliphatic heterocycles. The molecule has 0 radical (unpaired) electrons. The number of carbonyl (C=O) groups excluding carboxylic acids is 1. The molecule has 1 N–H and O–H groups in total. The standard InChI is InChI=1S/C15H17NO2S2/c1-11-5-7-14(20-11)13(18-2)10-16-15(17)8-6-12-4-3-9-19-12/h3-9,13H,10H2,1-2H3,(H,16,17)/b8-6+. The van der Waals surface area contributed by atoms with Crippen LogP contribution in [0.3, 0.4) is 0 Å². The molecule has 2 aromatic rings. The maximum absolute atomic E-state index is 11.7. The van der Waals surface area contributed by atoms with Gasteiger partial charge in [0.2, 0.25) is 5.91 Å². The van der Waals surface area contributed by atoms with Crippen LogP contribution in [0.2, 0.25) is 0 Å². The lowest BCUT2D eigenvalue weighted by atomic mass is 10.3. The Balaban J connectivity index is 1.85. The number of rotatable bonds is 6. The molecule has 1 atom stereocenters. The molecule has 0 saturated heterocycles. The molecule has 0 spiro atoms. The van der Waals surface area contributed by atoms with Gasteiger partial charge in [-0.25, -0.2) is 0 Å². The Morgan fingerprint density at radius 2 is 2.30 bits per heavy atom. The first-order valence-electron chi connectivity index (χ1n) is 6.27. The number of carbonyl (C=O) groups is 1. The van der Waals surface area contributed by atoms with E-state index in [0.717, 1.165) is 9.75 Å². The number of thiophene rings is 2. The van der Waals surface area contributed by atoms with Gasteiger partial charge >= 0.3 is 0 Å². The van der Waals surface area contributed by atoms with Crippen molar-refractivity contribution in [2.75, 3.05) is 13.7 Å². The quantitative estimate of drug-likeness (QED) is 0.828. The predicted octanol–water partition coefficient (Wildman–Crippen LogP) is 3.64. The van der Waals surface area contributed by atoms with Crippen molar-refractivity contribution < 1.29 is 9.53 Å². The van der Waals surface area contributed by atoms with Crippen LogP contribution in [-0.2, 0) is 9.53 Å². The van der Waals surface area contributed by atoms with Gasteiger partial charge < -0.3 is 10.1 Å². The summed E-state index contributed by atoms with van der Waals surface area (Å²) in [5, 5.41) is 4.85. The van der Waals surface area contributed by atoms with Crippen LogP contribution in [-0.4, -0.2) is 19.6 Å². The number of methoxy groups -OCH3 is 1. The Kier molecular flexibility index (Phi) is 5.52. The van der Waals surface area contributed by atoms with Crippen molar-refractivity contribution in [3.8, 4) is 0 Å². The molecular formula is C15H17NO2S2. The molecule has 1 unspecified atom stereocenters. The summed E-state index contributed by atoms with van der Waals surface area (Å²) in [5.41, 5.74) is 0. The zero-order valence-electron chi connectivity index (χ0n) is 11.5. The fourth-order valence-electron chi connectivity index (χ4n) is 1.72. The van der Waals surface area contributed by atoms with Gasteiger partial charge in [-0.15, -0.1) is 22.7 Å². The van der Waals surface area contributed by atoms with E-state index in [1.807, 2.05) is 29.7 Å². The van der Waals surface area contributed by atoms with E-state index in [2.05, 4.69) is 18.3 Å². The van der Waals surface area contributed by atoms with Crippen molar-refractivity contribution in [3.63, 3.8) is 0 Å². The molecular weight excluding hydrogens is 290 g/mol. The van der Waals surface area contributed by atoms with Gasteiger partial charge in [0.05, 0.1) is 0 Å². The van der Waals surface area contributed by atoms with Crippen molar-refractivity contribution >= 4 is 34.7 Å². The monoisotopic (exact) mass is 307 g/mol. The predicted molar refractivity (Wildman–Crippen MR) is 85.2 cm³/mol. The molecule has 2 heterocycles. The minimum absolute atomic E-state index is 0.0900. The third-order valence-electron chi connectivity index (χ3n) is 2.77. The molecule has 3 nitrogen and oxygen atoms in total. The van der Waals surface area contributed by atoms with E-state index in [4.69, 9.17) is 4.74 Å². The molecule has 20 heavy (non-hydrogen) atoms. The van der Waals surface area contributed by atoms with Gasteiger partial charge in [-0.2, -0.15) is 0 Å². The van der Waals surface area contributed by atoms with Gasteiger partial charge in [-0.3, -0.25) is 4.79 Å². The first-order chi connectivity index (χ1) is 9.69. The summed E-state index contributed by atoms with van der Waals surface area (Å²) in [6, 6.07) is 8.04. The molecule has 0 saturated carbocycles. The molecule has 0 aliphatic carbocycles. The van der Waals surface area contributed by atoms with Crippen LogP contribution in [0.4, 0.5) is 0 Å². The van der Waals surface area contributed by atoms with Gasteiger partial charge in [0, 0.05) is 34.4 Å². The van der Waals surface area contributed by atoms with Crippen molar-refractivity contribution in [1.82, 2.24) is 5.32 Å². The van der Waals surface area contributed by atoms with E-state index >= 15 is 0 Å². The highest BCUT2D eigenvalue weighted by atomic mass is 32.1. The molecule has 1 amide bonds. The van der Waals surface area contributed by atoms with E-state index in [-0.39, 0.29) is 12.0 Å². The SMILES string of the molecule is COC(CNC(=O)/C=C/c1cccs1)c1ccc(C)s1. The highest BCUT2D eigenvalue weighted by Crippen LogP contribution is 2.24. The summed E-state index contributed by atoms with van der Waals surface area (Å²) in [4.78, 5) is 15.2. The Bertz CT molecular complexity index is 572. The van der Waals surface area contributed by atoms with Gasteiger partial charge in [-0.1, -0.05) is 6.07 Å². The average molecular weight is 307 g/mol. The van der Waals surface area contributed by atoms with Gasteiger partial charge in [0.15, 0.2) is 0 Å². The van der Waals surface area contributed by atoms with Crippen LogP contribution >= 0.6 is 22.7 Å². The molecule has 2 aromatic heterocycles. The van der Waals surface area contributed by atoms with Gasteiger partial charge in [0.25, 0.3) is 0 Å². The lowest BCUT2D eigenvalue weighted by Crippen LogP contribution is -2.27. The first-order valence-corrected chi connectivity index (χ1v) is 7.97. The Morgan fingerprint density at radius 3 is 2.90 bits per heavy atom. The fraction of sp³-hybridized carbons (Fsp3) is 0.267. The maximum Gasteiger partial charge on any atom is 0.244 e. The number of hydrogen-bond donors (Lipinski definition) is 1. The third kappa shape index (κ3) is 4.30. The molecule has 5 heteroatoms. The van der Waals surface area contributed by atoms with Crippen LogP contribution in [0.5, 0.6) is 0 Å². The van der Waals surface area contributed by atoms with Gasteiger partial charge in [0.1, 0.15) is 6.10 Å². The van der Waals surface area contributed by atoms with E-state index in [9.17, 15) is 4.79 Å². The molecule has 0 aromatic carbocycles. The number of aryl methyl sites for hydroxylation is 1. The minimum atomic E-state index is -0.103. The van der Waals surface area contributed by atoms with Crippen molar-refractivity contribution in [3.05, 3.63) is 50.4 Å². The second-order valence-corrected chi connectivity index (χ2v) is 6.57. The average Bonchev–Trinajstić information content (AvgIpc) is 3.09. The Morgan fingerprint density at radius 1 is 1.45 bits per heavy atom.